The van der Waals surface area contributed by atoms with Crippen LogP contribution in [0.5, 0.6) is 17.2 Å². The topological polar surface area (TPSA) is 76.1 Å². The summed E-state index contributed by atoms with van der Waals surface area (Å²) in [6.07, 6.45) is 1.61. The van der Waals surface area contributed by atoms with Crippen LogP contribution in [0.15, 0.2) is 47.4 Å². The molecule has 1 aliphatic heterocycles. The molecule has 6 nitrogen and oxygen atoms in total. The van der Waals surface area contributed by atoms with Crippen LogP contribution in [-0.4, -0.2) is 30.5 Å². The first kappa shape index (κ1) is 16.9. The number of imide groups is 1. The van der Waals surface area contributed by atoms with Crippen molar-refractivity contribution >= 4 is 34.7 Å². The second-order valence-corrected chi connectivity index (χ2v) is 6.13. The van der Waals surface area contributed by atoms with Gasteiger partial charge in [-0.3, -0.25) is 9.59 Å². The minimum Gasteiger partial charge on any atom is -0.508 e. The molecule has 0 saturated carbocycles. The number of aromatic hydroxyl groups is 1. The lowest BCUT2D eigenvalue weighted by atomic mass is 10.1. The lowest BCUT2D eigenvalue weighted by Crippen LogP contribution is -2.27. The van der Waals surface area contributed by atoms with E-state index in [1.807, 2.05) is 0 Å². The van der Waals surface area contributed by atoms with Crippen LogP contribution in [0.1, 0.15) is 5.56 Å². The number of phenolic OH excluding ortho intramolecular Hbond substituents is 1. The van der Waals surface area contributed by atoms with Gasteiger partial charge in [0.15, 0.2) is 0 Å². The third-order valence-corrected chi connectivity index (χ3v) is 4.50. The van der Waals surface area contributed by atoms with E-state index in [0.29, 0.717) is 27.7 Å². The highest BCUT2D eigenvalue weighted by Gasteiger charge is 2.36. The predicted molar refractivity (Wildman–Crippen MR) is 96.1 cm³/mol. The summed E-state index contributed by atoms with van der Waals surface area (Å²) in [5.74, 6) is 0.815. The molecule has 1 fully saturated rings. The number of anilines is 1. The van der Waals surface area contributed by atoms with Crippen LogP contribution in [0.4, 0.5) is 10.5 Å². The van der Waals surface area contributed by atoms with Crippen LogP contribution >= 0.6 is 11.8 Å². The molecular formula is C18H15NO5S. The summed E-state index contributed by atoms with van der Waals surface area (Å²) in [6, 6.07) is 11.1. The van der Waals surface area contributed by atoms with Gasteiger partial charge >= 0.3 is 0 Å². The van der Waals surface area contributed by atoms with E-state index in [-0.39, 0.29) is 5.75 Å². The molecule has 1 heterocycles. The fourth-order valence-electron chi connectivity index (χ4n) is 2.37. The largest absolute Gasteiger partial charge is 0.508 e. The number of nitrogens with zero attached hydrogens (tertiary/aromatic N) is 1. The molecule has 1 aliphatic rings. The van der Waals surface area contributed by atoms with Gasteiger partial charge in [0, 0.05) is 11.6 Å². The van der Waals surface area contributed by atoms with Gasteiger partial charge in [0.25, 0.3) is 11.1 Å². The Bertz CT molecular complexity index is 860. The Morgan fingerprint density at radius 3 is 2.40 bits per heavy atom. The molecule has 0 unspecified atom stereocenters. The molecule has 0 aromatic heterocycles. The number of hydrogen-bond donors (Lipinski definition) is 1. The quantitative estimate of drug-likeness (QED) is 0.842. The smallest absolute Gasteiger partial charge is 0.298 e. The number of ether oxygens (including phenoxy) is 2. The first-order valence-electron chi connectivity index (χ1n) is 7.32. The lowest BCUT2D eigenvalue weighted by Gasteiger charge is -2.12. The van der Waals surface area contributed by atoms with Crippen LogP contribution in [0.25, 0.3) is 6.08 Å². The van der Waals surface area contributed by atoms with Crippen molar-refractivity contribution in [2.75, 3.05) is 19.1 Å². The van der Waals surface area contributed by atoms with Crippen molar-refractivity contribution in [3.05, 3.63) is 52.9 Å². The van der Waals surface area contributed by atoms with Gasteiger partial charge in [0.05, 0.1) is 24.8 Å². The molecule has 0 bridgehead atoms. The van der Waals surface area contributed by atoms with Crippen molar-refractivity contribution < 1.29 is 24.2 Å². The summed E-state index contributed by atoms with van der Waals surface area (Å²) in [7, 11) is 3.08. The van der Waals surface area contributed by atoms with Crippen LogP contribution in [0, 0.1) is 0 Å². The van der Waals surface area contributed by atoms with E-state index in [1.54, 1.807) is 31.4 Å². The van der Waals surface area contributed by atoms with Gasteiger partial charge in [-0.25, -0.2) is 4.90 Å². The maximum Gasteiger partial charge on any atom is 0.298 e. The van der Waals surface area contributed by atoms with Gasteiger partial charge in [-0.2, -0.15) is 0 Å². The molecule has 0 spiro atoms. The van der Waals surface area contributed by atoms with E-state index in [1.165, 1.54) is 31.4 Å². The van der Waals surface area contributed by atoms with Gasteiger partial charge in [0.2, 0.25) is 0 Å². The van der Waals surface area contributed by atoms with Gasteiger partial charge in [-0.1, -0.05) is 0 Å². The lowest BCUT2D eigenvalue weighted by molar-refractivity contribution is -0.113. The zero-order chi connectivity index (χ0) is 18.0. The van der Waals surface area contributed by atoms with Crippen LogP contribution in [-0.2, 0) is 4.79 Å². The monoisotopic (exact) mass is 357 g/mol. The number of carbonyl (C=O) groups is 2. The summed E-state index contributed by atoms with van der Waals surface area (Å²) in [5, 5.41) is 8.96. The molecule has 2 aromatic carbocycles. The van der Waals surface area contributed by atoms with E-state index in [4.69, 9.17) is 9.47 Å². The number of benzene rings is 2. The molecule has 1 N–H and O–H groups in total. The molecule has 1 saturated heterocycles. The van der Waals surface area contributed by atoms with E-state index >= 15 is 0 Å². The maximum atomic E-state index is 12.6. The SMILES string of the molecule is COc1ccc(C=C2SC(=O)N(c3ccc(O)cc3)C2=O)c(OC)c1. The number of carbonyl (C=O) groups excluding carboxylic acids is 2. The average Bonchev–Trinajstić information content (AvgIpc) is 2.90. The molecule has 3 rings (SSSR count). The number of phenols is 1. The minimum absolute atomic E-state index is 0.0641. The Balaban J connectivity index is 1.94. The maximum absolute atomic E-state index is 12.6. The van der Waals surface area contributed by atoms with Crippen LogP contribution in [0.2, 0.25) is 0 Å². The van der Waals surface area contributed by atoms with Gasteiger partial charge < -0.3 is 14.6 Å². The van der Waals surface area contributed by atoms with Crippen molar-refractivity contribution in [3.63, 3.8) is 0 Å². The first-order valence-corrected chi connectivity index (χ1v) is 8.14. The first-order chi connectivity index (χ1) is 12.0. The molecule has 128 valence electrons. The number of hydrogen-bond acceptors (Lipinski definition) is 6. The Hall–Kier alpha value is -2.93. The highest BCUT2D eigenvalue weighted by Crippen LogP contribution is 2.37. The zero-order valence-corrected chi connectivity index (χ0v) is 14.4. The summed E-state index contributed by atoms with van der Waals surface area (Å²) in [4.78, 5) is 26.2. The molecular weight excluding hydrogens is 342 g/mol. The highest BCUT2D eigenvalue weighted by molar-refractivity contribution is 8.19. The molecule has 7 heteroatoms. The van der Waals surface area contributed by atoms with Gasteiger partial charge in [-0.05, 0) is 54.2 Å². The summed E-state index contributed by atoms with van der Waals surface area (Å²) in [5.41, 5.74) is 1.07. The number of rotatable bonds is 4. The van der Waals surface area contributed by atoms with E-state index in [9.17, 15) is 14.7 Å². The van der Waals surface area contributed by atoms with Gasteiger partial charge in [-0.15, -0.1) is 0 Å². The van der Waals surface area contributed by atoms with E-state index < -0.39 is 11.1 Å². The predicted octanol–water partition coefficient (Wildman–Crippen LogP) is 3.65. The average molecular weight is 357 g/mol. The van der Waals surface area contributed by atoms with E-state index in [2.05, 4.69) is 0 Å². The van der Waals surface area contributed by atoms with Crippen molar-refractivity contribution in [1.82, 2.24) is 0 Å². The Morgan fingerprint density at radius 2 is 1.76 bits per heavy atom. The fourth-order valence-corrected chi connectivity index (χ4v) is 3.20. The number of amides is 2. The van der Waals surface area contributed by atoms with Crippen molar-refractivity contribution in [2.45, 2.75) is 0 Å². The Labute approximate surface area is 148 Å². The number of methoxy groups -OCH3 is 2. The minimum atomic E-state index is -0.418. The highest BCUT2D eigenvalue weighted by atomic mass is 32.2. The molecule has 0 radical (unpaired) electrons. The Morgan fingerprint density at radius 1 is 1.04 bits per heavy atom. The second-order valence-electron chi connectivity index (χ2n) is 5.14. The molecule has 0 aliphatic carbocycles. The van der Waals surface area contributed by atoms with Crippen molar-refractivity contribution in [1.29, 1.82) is 0 Å². The molecule has 25 heavy (non-hydrogen) atoms. The Kier molecular flexibility index (Phi) is 4.67. The molecule has 0 atom stereocenters. The summed E-state index contributed by atoms with van der Waals surface area (Å²) >= 11 is 0.854. The standard InChI is InChI=1S/C18H15NO5S/c1-23-14-8-3-11(15(10-14)24-2)9-16-17(21)19(18(22)25-16)12-4-6-13(20)7-5-12/h3-10,20H,1-2H3. The fraction of sp³-hybridized carbons (Fsp3) is 0.111. The summed E-state index contributed by atoms with van der Waals surface area (Å²) < 4.78 is 10.5. The third kappa shape index (κ3) is 3.32. The van der Waals surface area contributed by atoms with Gasteiger partial charge in [0.1, 0.15) is 17.2 Å². The molecule has 2 aromatic rings. The normalized spacial score (nSPS) is 15.8. The second kappa shape index (κ2) is 6.90. The zero-order valence-electron chi connectivity index (χ0n) is 13.6. The third-order valence-electron chi connectivity index (χ3n) is 3.63. The van der Waals surface area contributed by atoms with Crippen LogP contribution in [0.3, 0.4) is 0 Å². The number of thioether (sulfide) groups is 1. The molecule has 2 amide bonds. The van der Waals surface area contributed by atoms with E-state index in [0.717, 1.165) is 16.7 Å². The van der Waals surface area contributed by atoms with Crippen LogP contribution < -0.4 is 14.4 Å². The summed E-state index contributed by atoms with van der Waals surface area (Å²) in [6.45, 7) is 0. The van der Waals surface area contributed by atoms with Crippen molar-refractivity contribution in [2.24, 2.45) is 0 Å². The van der Waals surface area contributed by atoms with Crippen molar-refractivity contribution in [3.8, 4) is 17.2 Å².